The summed E-state index contributed by atoms with van der Waals surface area (Å²) in [6.07, 6.45) is -0.844. The van der Waals surface area contributed by atoms with Crippen molar-refractivity contribution < 1.29 is 13.5 Å². The number of nitrogens with zero attached hydrogens (tertiary/aromatic N) is 1. The fourth-order valence-electron chi connectivity index (χ4n) is 0.958. The highest BCUT2D eigenvalue weighted by Crippen LogP contribution is 2.10. The monoisotopic (exact) mass is 221 g/mol. The molecule has 0 spiro atoms. The van der Waals surface area contributed by atoms with E-state index in [0.29, 0.717) is 13.0 Å². The third-order valence-corrected chi connectivity index (χ3v) is 2.62. The Balaban J connectivity index is 2.18. The van der Waals surface area contributed by atoms with Gasteiger partial charge in [-0.15, -0.1) is 11.3 Å². The van der Waals surface area contributed by atoms with E-state index in [2.05, 4.69) is 4.98 Å². The molecule has 0 radical (unpaired) electrons. The topological polar surface area (TPSA) is 22.1 Å². The van der Waals surface area contributed by atoms with Gasteiger partial charge in [-0.1, -0.05) is 6.92 Å². The van der Waals surface area contributed by atoms with Crippen LogP contribution in [0.4, 0.5) is 8.78 Å². The van der Waals surface area contributed by atoms with Crippen LogP contribution < -0.4 is 0 Å². The largest absolute Gasteiger partial charge is 0.375 e. The molecule has 0 aliphatic heterocycles. The Bertz CT molecular complexity index is 265. The first kappa shape index (κ1) is 11.5. The number of halogens is 2. The van der Waals surface area contributed by atoms with E-state index in [4.69, 9.17) is 4.74 Å². The Hall–Kier alpha value is -0.550. The highest BCUT2D eigenvalue weighted by molar-refractivity contribution is 7.09. The Kier molecular flexibility index (Phi) is 4.97. The molecule has 0 aromatic carbocycles. The Morgan fingerprint density at radius 1 is 1.57 bits per heavy atom. The van der Waals surface area contributed by atoms with Gasteiger partial charge in [0.15, 0.2) is 0 Å². The minimum Gasteiger partial charge on any atom is -0.375 e. The van der Waals surface area contributed by atoms with Crippen molar-refractivity contribution >= 4 is 11.3 Å². The number of ether oxygens (including phenoxy) is 1. The van der Waals surface area contributed by atoms with E-state index in [1.54, 1.807) is 11.3 Å². The van der Waals surface area contributed by atoms with Crippen molar-refractivity contribution in [1.29, 1.82) is 0 Å². The van der Waals surface area contributed by atoms with Gasteiger partial charge >= 0.3 is 0 Å². The van der Waals surface area contributed by atoms with Crippen LogP contribution in [-0.4, -0.2) is 24.6 Å². The third-order valence-electron chi connectivity index (χ3n) is 1.67. The summed E-state index contributed by atoms with van der Waals surface area (Å²) in [6.45, 7) is 1.87. The molecule has 1 heterocycles. The zero-order valence-corrected chi connectivity index (χ0v) is 8.82. The lowest BCUT2D eigenvalue weighted by Gasteiger charge is -2.00. The van der Waals surface area contributed by atoms with Gasteiger partial charge in [0, 0.05) is 11.8 Å². The lowest BCUT2D eigenvalue weighted by Crippen LogP contribution is -2.06. The smallest absolute Gasteiger partial charge is 0.261 e. The lowest BCUT2D eigenvalue weighted by molar-refractivity contribution is 0.0187. The molecule has 0 saturated heterocycles. The van der Waals surface area contributed by atoms with Gasteiger partial charge in [0.1, 0.15) is 6.61 Å². The summed E-state index contributed by atoms with van der Waals surface area (Å²) in [5, 5.41) is 2.94. The summed E-state index contributed by atoms with van der Waals surface area (Å²) < 4.78 is 28.1. The molecular formula is C9H13F2NOS. The molecule has 0 unspecified atom stereocenters. The van der Waals surface area contributed by atoms with E-state index < -0.39 is 13.0 Å². The molecule has 0 saturated carbocycles. The maximum atomic E-state index is 11.7. The Morgan fingerprint density at radius 2 is 2.36 bits per heavy atom. The minimum atomic E-state index is -2.38. The fourth-order valence-corrected chi connectivity index (χ4v) is 1.82. The van der Waals surface area contributed by atoms with Crippen LogP contribution in [0.25, 0.3) is 0 Å². The van der Waals surface area contributed by atoms with Crippen molar-refractivity contribution in [1.82, 2.24) is 4.98 Å². The fraction of sp³-hybridized carbons (Fsp3) is 0.667. The van der Waals surface area contributed by atoms with Gasteiger partial charge in [0.25, 0.3) is 6.43 Å². The van der Waals surface area contributed by atoms with E-state index in [9.17, 15) is 8.78 Å². The second-order valence-electron chi connectivity index (χ2n) is 2.80. The van der Waals surface area contributed by atoms with Crippen LogP contribution in [0, 0.1) is 0 Å². The Morgan fingerprint density at radius 3 is 2.93 bits per heavy atom. The SMILES string of the molecule is CCc1csc(CCOCC(F)F)n1. The molecule has 0 bridgehead atoms. The van der Waals surface area contributed by atoms with Crippen molar-refractivity contribution in [2.45, 2.75) is 26.2 Å². The number of hydrogen-bond donors (Lipinski definition) is 0. The zero-order chi connectivity index (χ0) is 10.4. The van der Waals surface area contributed by atoms with Crippen LogP contribution in [0.15, 0.2) is 5.38 Å². The van der Waals surface area contributed by atoms with Crippen molar-refractivity contribution in [3.8, 4) is 0 Å². The molecule has 2 nitrogen and oxygen atoms in total. The van der Waals surface area contributed by atoms with Crippen LogP contribution in [-0.2, 0) is 17.6 Å². The minimum absolute atomic E-state index is 0.320. The van der Waals surface area contributed by atoms with Gasteiger partial charge in [0.05, 0.1) is 17.3 Å². The average Bonchev–Trinajstić information content (AvgIpc) is 2.60. The van der Waals surface area contributed by atoms with Gasteiger partial charge in [-0.3, -0.25) is 0 Å². The number of aromatic nitrogens is 1. The first-order chi connectivity index (χ1) is 6.72. The lowest BCUT2D eigenvalue weighted by atomic mass is 10.4. The van der Waals surface area contributed by atoms with Crippen molar-refractivity contribution in [3.63, 3.8) is 0 Å². The van der Waals surface area contributed by atoms with Gasteiger partial charge in [-0.05, 0) is 6.42 Å². The molecule has 0 N–H and O–H groups in total. The van der Waals surface area contributed by atoms with E-state index >= 15 is 0 Å². The molecule has 80 valence electrons. The van der Waals surface area contributed by atoms with Gasteiger partial charge in [-0.2, -0.15) is 0 Å². The molecule has 1 rings (SSSR count). The molecule has 0 atom stereocenters. The first-order valence-corrected chi connectivity index (χ1v) is 5.39. The van der Waals surface area contributed by atoms with Gasteiger partial charge < -0.3 is 4.74 Å². The molecule has 0 fully saturated rings. The molecule has 1 aromatic rings. The standard InChI is InChI=1S/C9H13F2NOS/c1-2-7-6-14-9(12-7)3-4-13-5-8(10)11/h6,8H,2-5H2,1H3. The molecule has 0 aliphatic carbocycles. The summed E-state index contributed by atoms with van der Waals surface area (Å²) >= 11 is 1.55. The quantitative estimate of drug-likeness (QED) is 0.689. The second-order valence-corrected chi connectivity index (χ2v) is 3.74. The Labute approximate surface area is 85.9 Å². The average molecular weight is 221 g/mol. The van der Waals surface area contributed by atoms with E-state index in [1.165, 1.54) is 0 Å². The molecule has 14 heavy (non-hydrogen) atoms. The summed E-state index contributed by atoms with van der Waals surface area (Å²) in [4.78, 5) is 4.30. The van der Waals surface area contributed by atoms with Crippen LogP contribution in [0.2, 0.25) is 0 Å². The number of hydrogen-bond acceptors (Lipinski definition) is 3. The van der Waals surface area contributed by atoms with E-state index in [0.717, 1.165) is 17.1 Å². The van der Waals surface area contributed by atoms with Crippen molar-refractivity contribution in [2.75, 3.05) is 13.2 Å². The van der Waals surface area contributed by atoms with E-state index in [-0.39, 0.29) is 0 Å². The van der Waals surface area contributed by atoms with Crippen LogP contribution in [0.1, 0.15) is 17.6 Å². The highest BCUT2D eigenvalue weighted by atomic mass is 32.1. The number of aryl methyl sites for hydroxylation is 1. The maximum Gasteiger partial charge on any atom is 0.261 e. The summed E-state index contributed by atoms with van der Waals surface area (Å²) in [5.41, 5.74) is 1.05. The number of thiazole rings is 1. The molecule has 1 aromatic heterocycles. The predicted octanol–water partition coefficient (Wildman–Crippen LogP) is 2.53. The first-order valence-electron chi connectivity index (χ1n) is 4.51. The molecule has 5 heteroatoms. The number of alkyl halides is 2. The molecule has 0 aliphatic rings. The van der Waals surface area contributed by atoms with E-state index in [1.807, 2.05) is 12.3 Å². The molecule has 0 amide bonds. The van der Waals surface area contributed by atoms with Gasteiger partial charge in [0.2, 0.25) is 0 Å². The van der Waals surface area contributed by atoms with Crippen LogP contribution in [0.3, 0.4) is 0 Å². The normalized spacial score (nSPS) is 11.1. The summed E-state index contributed by atoms with van der Waals surface area (Å²) in [6, 6.07) is 0. The maximum absolute atomic E-state index is 11.7. The molecular weight excluding hydrogens is 208 g/mol. The summed E-state index contributed by atoms with van der Waals surface area (Å²) in [5.74, 6) is 0. The van der Waals surface area contributed by atoms with Crippen molar-refractivity contribution in [2.24, 2.45) is 0 Å². The van der Waals surface area contributed by atoms with Crippen molar-refractivity contribution in [3.05, 3.63) is 16.1 Å². The second kappa shape index (κ2) is 6.03. The predicted molar refractivity (Wildman–Crippen MR) is 52.0 cm³/mol. The van der Waals surface area contributed by atoms with Crippen LogP contribution >= 0.6 is 11.3 Å². The highest BCUT2D eigenvalue weighted by Gasteiger charge is 2.03. The van der Waals surface area contributed by atoms with Gasteiger partial charge in [-0.25, -0.2) is 13.8 Å². The zero-order valence-electron chi connectivity index (χ0n) is 8.00. The number of rotatable bonds is 6. The third kappa shape index (κ3) is 4.11. The van der Waals surface area contributed by atoms with Crippen LogP contribution in [0.5, 0.6) is 0 Å². The summed E-state index contributed by atoms with van der Waals surface area (Å²) in [7, 11) is 0.